The smallest absolute Gasteiger partial charge is 0.280 e. The molecule has 0 spiro atoms. The molecule has 6 heteroatoms. The van der Waals surface area contributed by atoms with E-state index in [0.717, 1.165) is 16.9 Å². The van der Waals surface area contributed by atoms with E-state index in [2.05, 4.69) is 10.1 Å². The van der Waals surface area contributed by atoms with Crippen molar-refractivity contribution >= 4 is 11.0 Å². The van der Waals surface area contributed by atoms with Crippen LogP contribution >= 0.6 is 0 Å². The van der Waals surface area contributed by atoms with E-state index in [0.29, 0.717) is 22.5 Å². The first-order valence-electron chi connectivity index (χ1n) is 8.11. The molecule has 0 amide bonds. The van der Waals surface area contributed by atoms with Gasteiger partial charge in [0.25, 0.3) is 5.56 Å². The summed E-state index contributed by atoms with van der Waals surface area (Å²) in [4.78, 5) is 17.2. The third-order valence-electron chi connectivity index (χ3n) is 4.24. The Morgan fingerprint density at radius 1 is 0.923 bits per heavy atom. The molecule has 0 saturated carbocycles. The molecule has 0 unspecified atom stereocenters. The number of rotatable bonds is 4. The fraction of sp³-hybridized carbons (Fsp3) is 0.100. The average molecular weight is 347 g/mol. The lowest BCUT2D eigenvalue weighted by molar-refractivity contribution is 0.355. The second-order valence-electron chi connectivity index (χ2n) is 5.75. The van der Waals surface area contributed by atoms with Gasteiger partial charge < -0.3 is 9.47 Å². The number of pyridine rings is 1. The number of benzene rings is 2. The van der Waals surface area contributed by atoms with Crippen molar-refractivity contribution in [1.82, 2.24) is 14.8 Å². The maximum atomic E-state index is 12.6. The molecule has 0 saturated heterocycles. The van der Waals surface area contributed by atoms with Gasteiger partial charge in [-0.1, -0.05) is 18.2 Å². The first-order valence-corrected chi connectivity index (χ1v) is 8.11. The van der Waals surface area contributed by atoms with Gasteiger partial charge in [-0.2, -0.15) is 0 Å². The van der Waals surface area contributed by atoms with Gasteiger partial charge in [0.05, 0.1) is 31.0 Å². The van der Waals surface area contributed by atoms with Crippen molar-refractivity contribution in [2.75, 3.05) is 14.2 Å². The first kappa shape index (κ1) is 16.0. The molecule has 6 nitrogen and oxygen atoms in total. The molecule has 2 aromatic heterocycles. The SMILES string of the molecule is COc1ccc(-c2ccc3c(=O)n(-c4ccccc4)[nH]c3n2)cc1OC. The molecule has 0 atom stereocenters. The molecule has 0 radical (unpaired) electrons. The minimum atomic E-state index is -0.127. The Morgan fingerprint density at radius 2 is 1.69 bits per heavy atom. The summed E-state index contributed by atoms with van der Waals surface area (Å²) in [6, 6.07) is 18.6. The van der Waals surface area contributed by atoms with Crippen molar-refractivity contribution in [3.63, 3.8) is 0 Å². The van der Waals surface area contributed by atoms with Crippen LogP contribution in [0.4, 0.5) is 0 Å². The summed E-state index contributed by atoms with van der Waals surface area (Å²) < 4.78 is 12.1. The number of hydrogen-bond donors (Lipinski definition) is 1. The number of H-pyrrole nitrogens is 1. The standard InChI is InChI=1S/C20H17N3O3/c1-25-17-11-8-13(12-18(17)26-2)16-10-9-15-19(21-16)22-23(20(15)24)14-6-4-3-5-7-14/h3-12H,1-2H3,(H,21,22). The quantitative estimate of drug-likeness (QED) is 0.614. The molecule has 2 heterocycles. The minimum absolute atomic E-state index is 0.127. The fourth-order valence-corrected chi connectivity index (χ4v) is 2.91. The zero-order valence-corrected chi connectivity index (χ0v) is 14.4. The Labute approximate surface area is 149 Å². The third-order valence-corrected chi connectivity index (χ3v) is 4.24. The molecule has 26 heavy (non-hydrogen) atoms. The van der Waals surface area contributed by atoms with Crippen LogP contribution in [0.1, 0.15) is 0 Å². The number of ether oxygens (including phenoxy) is 2. The largest absolute Gasteiger partial charge is 0.493 e. The highest BCUT2D eigenvalue weighted by molar-refractivity contribution is 5.78. The van der Waals surface area contributed by atoms with Gasteiger partial charge in [0.1, 0.15) is 0 Å². The van der Waals surface area contributed by atoms with Crippen molar-refractivity contribution in [3.05, 3.63) is 71.0 Å². The van der Waals surface area contributed by atoms with Crippen molar-refractivity contribution in [2.24, 2.45) is 0 Å². The van der Waals surface area contributed by atoms with E-state index in [9.17, 15) is 4.79 Å². The number of methoxy groups -OCH3 is 2. The molecule has 0 fully saturated rings. The minimum Gasteiger partial charge on any atom is -0.493 e. The van der Waals surface area contributed by atoms with Crippen LogP contribution in [0.15, 0.2) is 65.5 Å². The molecule has 0 aliphatic heterocycles. The summed E-state index contributed by atoms with van der Waals surface area (Å²) >= 11 is 0. The number of para-hydroxylation sites is 1. The van der Waals surface area contributed by atoms with E-state index in [1.165, 1.54) is 4.68 Å². The lowest BCUT2D eigenvalue weighted by Gasteiger charge is -2.09. The highest BCUT2D eigenvalue weighted by Crippen LogP contribution is 2.31. The van der Waals surface area contributed by atoms with E-state index in [1.54, 1.807) is 20.3 Å². The van der Waals surface area contributed by atoms with Gasteiger partial charge >= 0.3 is 0 Å². The topological polar surface area (TPSA) is 69.1 Å². The summed E-state index contributed by atoms with van der Waals surface area (Å²) in [6.07, 6.45) is 0. The van der Waals surface area contributed by atoms with E-state index in [4.69, 9.17) is 9.47 Å². The fourth-order valence-electron chi connectivity index (χ4n) is 2.91. The van der Waals surface area contributed by atoms with Crippen molar-refractivity contribution in [1.29, 1.82) is 0 Å². The Hall–Kier alpha value is -3.54. The van der Waals surface area contributed by atoms with Crippen molar-refractivity contribution in [2.45, 2.75) is 0 Å². The van der Waals surface area contributed by atoms with Crippen LogP contribution in [-0.2, 0) is 0 Å². The number of fused-ring (bicyclic) bond motifs is 1. The van der Waals surface area contributed by atoms with Crippen LogP contribution in [0, 0.1) is 0 Å². The summed E-state index contributed by atoms with van der Waals surface area (Å²) in [7, 11) is 3.19. The number of aromatic nitrogens is 3. The zero-order chi connectivity index (χ0) is 18.1. The zero-order valence-electron chi connectivity index (χ0n) is 14.4. The highest BCUT2D eigenvalue weighted by atomic mass is 16.5. The molecule has 4 aromatic rings. The lowest BCUT2D eigenvalue weighted by Crippen LogP contribution is -2.13. The molecule has 4 rings (SSSR count). The molecule has 0 bridgehead atoms. The Kier molecular flexibility index (Phi) is 3.93. The van der Waals surface area contributed by atoms with Crippen LogP contribution in [0.5, 0.6) is 11.5 Å². The molecule has 1 N–H and O–H groups in total. The highest BCUT2D eigenvalue weighted by Gasteiger charge is 2.12. The van der Waals surface area contributed by atoms with Gasteiger partial charge in [-0.15, -0.1) is 0 Å². The van der Waals surface area contributed by atoms with Gasteiger partial charge in [-0.05, 0) is 42.5 Å². The number of aromatic amines is 1. The van der Waals surface area contributed by atoms with Gasteiger partial charge in [-0.3, -0.25) is 9.89 Å². The third kappa shape index (κ3) is 2.61. The summed E-state index contributed by atoms with van der Waals surface area (Å²) in [5.74, 6) is 1.28. The Morgan fingerprint density at radius 3 is 2.42 bits per heavy atom. The van der Waals surface area contributed by atoms with E-state index in [-0.39, 0.29) is 5.56 Å². The normalized spacial score (nSPS) is 10.8. The molecular formula is C20H17N3O3. The van der Waals surface area contributed by atoms with Crippen molar-refractivity contribution < 1.29 is 9.47 Å². The lowest BCUT2D eigenvalue weighted by atomic mass is 10.1. The van der Waals surface area contributed by atoms with Crippen molar-refractivity contribution in [3.8, 4) is 28.4 Å². The van der Waals surface area contributed by atoms with Crippen LogP contribution in [0.25, 0.3) is 28.0 Å². The Balaban J connectivity index is 1.83. The predicted molar refractivity (Wildman–Crippen MR) is 100 cm³/mol. The van der Waals surface area contributed by atoms with Crippen LogP contribution < -0.4 is 15.0 Å². The maximum Gasteiger partial charge on any atom is 0.280 e. The Bertz CT molecular complexity index is 1130. The summed E-state index contributed by atoms with van der Waals surface area (Å²) in [5.41, 5.74) is 2.78. The van der Waals surface area contributed by atoms with Gasteiger partial charge in [0.15, 0.2) is 17.1 Å². The molecule has 130 valence electrons. The molecular weight excluding hydrogens is 330 g/mol. The second kappa shape index (κ2) is 6.40. The number of nitrogens with zero attached hydrogens (tertiary/aromatic N) is 2. The molecule has 0 aliphatic rings. The second-order valence-corrected chi connectivity index (χ2v) is 5.75. The number of nitrogens with one attached hydrogen (secondary N) is 1. The molecule has 2 aromatic carbocycles. The van der Waals surface area contributed by atoms with Gasteiger partial charge in [0, 0.05) is 5.56 Å². The van der Waals surface area contributed by atoms with Gasteiger partial charge in [0.2, 0.25) is 0 Å². The number of hydrogen-bond acceptors (Lipinski definition) is 4. The summed E-state index contributed by atoms with van der Waals surface area (Å²) in [6.45, 7) is 0. The van der Waals surface area contributed by atoms with Crippen LogP contribution in [-0.4, -0.2) is 29.0 Å². The summed E-state index contributed by atoms with van der Waals surface area (Å²) in [5, 5.41) is 3.62. The maximum absolute atomic E-state index is 12.6. The van der Waals surface area contributed by atoms with E-state index in [1.807, 2.05) is 54.6 Å². The van der Waals surface area contributed by atoms with E-state index >= 15 is 0 Å². The van der Waals surface area contributed by atoms with Crippen LogP contribution in [0.3, 0.4) is 0 Å². The molecule has 0 aliphatic carbocycles. The predicted octanol–water partition coefficient (Wildman–Crippen LogP) is 3.40. The monoisotopic (exact) mass is 347 g/mol. The van der Waals surface area contributed by atoms with E-state index < -0.39 is 0 Å². The average Bonchev–Trinajstić information content (AvgIpc) is 3.04. The first-order chi connectivity index (χ1) is 12.7. The van der Waals surface area contributed by atoms with Gasteiger partial charge in [-0.25, -0.2) is 9.67 Å². The van der Waals surface area contributed by atoms with Crippen LogP contribution in [0.2, 0.25) is 0 Å².